The van der Waals surface area contributed by atoms with Crippen LogP contribution in [0.3, 0.4) is 0 Å². The van der Waals surface area contributed by atoms with Crippen LogP contribution in [0.2, 0.25) is 0 Å². The lowest BCUT2D eigenvalue weighted by atomic mass is 10.1. The minimum absolute atomic E-state index is 0.209. The van der Waals surface area contributed by atoms with Crippen LogP contribution in [-0.2, 0) is 6.54 Å². The number of nitrogens with one attached hydrogen (secondary N) is 1. The Morgan fingerprint density at radius 2 is 1.77 bits per heavy atom. The number of hydrogen-bond donors (Lipinski definition) is 2. The van der Waals surface area contributed by atoms with Crippen molar-refractivity contribution in [3.05, 3.63) is 89.1 Å². The summed E-state index contributed by atoms with van der Waals surface area (Å²) in [6.45, 7) is 2.12. The van der Waals surface area contributed by atoms with Crippen LogP contribution in [0, 0.1) is 6.92 Å². The van der Waals surface area contributed by atoms with E-state index in [1.54, 1.807) is 24.3 Å². The number of hydrogen-bond acceptors (Lipinski definition) is 3. The first-order chi connectivity index (χ1) is 12.5. The highest BCUT2D eigenvalue weighted by Gasteiger charge is 2.11. The van der Waals surface area contributed by atoms with Crippen molar-refractivity contribution in [3.63, 3.8) is 0 Å². The lowest BCUT2D eigenvalue weighted by Crippen LogP contribution is -2.24. The monoisotopic (exact) mass is 345 g/mol. The van der Waals surface area contributed by atoms with E-state index in [9.17, 15) is 9.59 Å². The first kappa shape index (κ1) is 17.4. The Morgan fingerprint density at radius 3 is 2.46 bits per heavy atom. The SMILES string of the molecule is Cc1nc(-c2ccccc2)ccc1C(=O)NCc1cccc(C(N)=O)c1. The number of nitrogens with two attached hydrogens (primary N) is 1. The zero-order chi connectivity index (χ0) is 18.5. The van der Waals surface area contributed by atoms with Gasteiger partial charge in [0.05, 0.1) is 17.0 Å². The fourth-order valence-corrected chi connectivity index (χ4v) is 2.68. The van der Waals surface area contributed by atoms with Gasteiger partial charge in [-0.2, -0.15) is 0 Å². The lowest BCUT2D eigenvalue weighted by Gasteiger charge is -2.10. The van der Waals surface area contributed by atoms with Crippen LogP contribution in [0.4, 0.5) is 0 Å². The molecule has 3 aromatic rings. The molecule has 0 aliphatic rings. The summed E-state index contributed by atoms with van der Waals surface area (Å²) in [5.41, 5.74) is 9.52. The second-order valence-electron chi connectivity index (χ2n) is 5.94. The van der Waals surface area contributed by atoms with Gasteiger partial charge in [-0.25, -0.2) is 0 Å². The number of carbonyl (C=O) groups is 2. The van der Waals surface area contributed by atoms with Crippen LogP contribution >= 0.6 is 0 Å². The smallest absolute Gasteiger partial charge is 0.253 e. The molecule has 0 bridgehead atoms. The van der Waals surface area contributed by atoms with Gasteiger partial charge in [0.25, 0.3) is 5.91 Å². The Morgan fingerprint density at radius 1 is 1.00 bits per heavy atom. The molecule has 0 saturated heterocycles. The molecule has 5 nitrogen and oxygen atoms in total. The molecule has 1 aromatic heterocycles. The van der Waals surface area contributed by atoms with Crippen molar-refractivity contribution in [3.8, 4) is 11.3 Å². The third-order valence-electron chi connectivity index (χ3n) is 4.06. The summed E-state index contributed by atoms with van der Waals surface area (Å²) in [5.74, 6) is -0.700. The molecule has 26 heavy (non-hydrogen) atoms. The number of pyridine rings is 1. The van der Waals surface area contributed by atoms with E-state index >= 15 is 0 Å². The van der Waals surface area contributed by atoms with Crippen LogP contribution in [0.5, 0.6) is 0 Å². The van der Waals surface area contributed by atoms with Crippen molar-refractivity contribution in [1.82, 2.24) is 10.3 Å². The largest absolute Gasteiger partial charge is 0.366 e. The highest BCUT2D eigenvalue weighted by molar-refractivity contribution is 5.95. The molecule has 1 heterocycles. The van der Waals surface area contributed by atoms with Gasteiger partial charge in [-0.3, -0.25) is 14.6 Å². The topological polar surface area (TPSA) is 85.1 Å². The van der Waals surface area contributed by atoms with E-state index in [1.165, 1.54) is 0 Å². The third-order valence-corrected chi connectivity index (χ3v) is 4.06. The van der Waals surface area contributed by atoms with Gasteiger partial charge in [0, 0.05) is 17.7 Å². The van der Waals surface area contributed by atoms with E-state index in [2.05, 4.69) is 10.3 Å². The maximum absolute atomic E-state index is 12.5. The number of aryl methyl sites for hydroxylation is 1. The van der Waals surface area contributed by atoms with Gasteiger partial charge in [-0.1, -0.05) is 42.5 Å². The molecular formula is C21H19N3O2. The summed E-state index contributed by atoms with van der Waals surface area (Å²) < 4.78 is 0. The summed E-state index contributed by atoms with van der Waals surface area (Å²) in [6.07, 6.45) is 0. The molecule has 2 aromatic carbocycles. The molecule has 0 aliphatic heterocycles. The Hall–Kier alpha value is -3.47. The molecule has 3 N–H and O–H groups in total. The predicted octanol–water partition coefficient (Wildman–Crippen LogP) is 3.09. The highest BCUT2D eigenvalue weighted by Crippen LogP contribution is 2.18. The summed E-state index contributed by atoms with van der Waals surface area (Å²) in [6, 6.07) is 20.3. The van der Waals surface area contributed by atoms with Crippen molar-refractivity contribution < 1.29 is 9.59 Å². The lowest BCUT2D eigenvalue weighted by molar-refractivity contribution is 0.0949. The molecule has 5 heteroatoms. The van der Waals surface area contributed by atoms with Gasteiger partial charge in [-0.15, -0.1) is 0 Å². The van der Waals surface area contributed by atoms with Crippen molar-refractivity contribution in [2.75, 3.05) is 0 Å². The molecule has 0 unspecified atom stereocenters. The molecule has 0 atom stereocenters. The number of amides is 2. The summed E-state index contributed by atoms with van der Waals surface area (Å²) >= 11 is 0. The Kier molecular flexibility index (Phi) is 5.08. The van der Waals surface area contributed by atoms with Crippen molar-refractivity contribution in [2.45, 2.75) is 13.5 Å². The molecular weight excluding hydrogens is 326 g/mol. The number of carbonyl (C=O) groups excluding carboxylic acids is 2. The molecule has 0 aliphatic carbocycles. The molecule has 0 fully saturated rings. The Bertz CT molecular complexity index is 952. The number of rotatable bonds is 5. The third kappa shape index (κ3) is 3.95. The van der Waals surface area contributed by atoms with Gasteiger partial charge >= 0.3 is 0 Å². The molecule has 0 spiro atoms. The number of nitrogens with zero attached hydrogens (tertiary/aromatic N) is 1. The number of aromatic nitrogens is 1. The number of primary amides is 1. The van der Waals surface area contributed by atoms with Crippen LogP contribution in [-0.4, -0.2) is 16.8 Å². The second-order valence-corrected chi connectivity index (χ2v) is 5.94. The maximum Gasteiger partial charge on any atom is 0.253 e. The van der Waals surface area contributed by atoms with E-state index in [1.807, 2.05) is 49.4 Å². The van der Waals surface area contributed by atoms with Crippen molar-refractivity contribution >= 4 is 11.8 Å². The summed E-state index contributed by atoms with van der Waals surface area (Å²) in [5, 5.41) is 2.85. The highest BCUT2D eigenvalue weighted by atomic mass is 16.2. The average molecular weight is 345 g/mol. The maximum atomic E-state index is 12.5. The first-order valence-electron chi connectivity index (χ1n) is 8.24. The molecule has 0 radical (unpaired) electrons. The van der Waals surface area contributed by atoms with E-state index in [0.717, 1.165) is 16.8 Å². The van der Waals surface area contributed by atoms with E-state index in [4.69, 9.17) is 5.73 Å². The fraction of sp³-hybridized carbons (Fsp3) is 0.0952. The van der Waals surface area contributed by atoms with Gasteiger partial charge in [-0.05, 0) is 36.8 Å². The number of benzene rings is 2. The minimum atomic E-state index is -0.491. The van der Waals surface area contributed by atoms with E-state index in [0.29, 0.717) is 23.4 Å². The molecule has 2 amide bonds. The van der Waals surface area contributed by atoms with Crippen LogP contribution in [0.25, 0.3) is 11.3 Å². The average Bonchev–Trinajstić information content (AvgIpc) is 2.67. The van der Waals surface area contributed by atoms with E-state index in [-0.39, 0.29) is 5.91 Å². The zero-order valence-electron chi connectivity index (χ0n) is 14.4. The van der Waals surface area contributed by atoms with Gasteiger partial charge in [0.2, 0.25) is 5.91 Å². The normalized spacial score (nSPS) is 10.3. The second kappa shape index (κ2) is 7.61. The van der Waals surface area contributed by atoms with Crippen molar-refractivity contribution in [2.24, 2.45) is 5.73 Å². The first-order valence-corrected chi connectivity index (χ1v) is 8.24. The summed E-state index contributed by atoms with van der Waals surface area (Å²) in [4.78, 5) is 28.2. The standard InChI is InChI=1S/C21H19N3O2/c1-14-18(10-11-19(24-14)16-7-3-2-4-8-16)21(26)23-13-15-6-5-9-17(12-15)20(22)25/h2-12H,13H2,1H3,(H2,22,25)(H,23,26). The van der Waals surface area contributed by atoms with E-state index < -0.39 is 5.91 Å². The minimum Gasteiger partial charge on any atom is -0.366 e. The molecule has 3 rings (SSSR count). The fourth-order valence-electron chi connectivity index (χ4n) is 2.68. The predicted molar refractivity (Wildman–Crippen MR) is 101 cm³/mol. The molecule has 0 saturated carbocycles. The van der Waals surface area contributed by atoms with Crippen molar-refractivity contribution in [1.29, 1.82) is 0 Å². The molecule has 130 valence electrons. The van der Waals surface area contributed by atoms with Gasteiger partial charge < -0.3 is 11.1 Å². The Labute approximate surface area is 151 Å². The van der Waals surface area contributed by atoms with Gasteiger partial charge in [0.15, 0.2) is 0 Å². The summed E-state index contributed by atoms with van der Waals surface area (Å²) in [7, 11) is 0. The van der Waals surface area contributed by atoms with Crippen LogP contribution < -0.4 is 11.1 Å². The van der Waals surface area contributed by atoms with Crippen LogP contribution in [0.1, 0.15) is 32.0 Å². The quantitative estimate of drug-likeness (QED) is 0.745. The Balaban J connectivity index is 1.72. The zero-order valence-corrected chi connectivity index (χ0v) is 14.4. The van der Waals surface area contributed by atoms with Gasteiger partial charge in [0.1, 0.15) is 0 Å². The van der Waals surface area contributed by atoms with Crippen LogP contribution in [0.15, 0.2) is 66.7 Å².